The van der Waals surface area contributed by atoms with Crippen molar-refractivity contribution in [1.29, 1.82) is 0 Å². The molecule has 0 aliphatic heterocycles. The van der Waals surface area contributed by atoms with E-state index in [1.807, 2.05) is 51.1 Å². The lowest BCUT2D eigenvalue weighted by Crippen LogP contribution is -2.30. The van der Waals surface area contributed by atoms with E-state index in [0.29, 0.717) is 0 Å². The van der Waals surface area contributed by atoms with Crippen molar-refractivity contribution in [1.82, 2.24) is 10.3 Å². The van der Waals surface area contributed by atoms with Crippen molar-refractivity contribution in [2.45, 2.75) is 47.3 Å². The molecule has 6 heteroatoms. The zero-order valence-electron chi connectivity index (χ0n) is 20.6. The second-order valence-corrected chi connectivity index (χ2v) is 8.98. The molecular formula is C28H31N3O3. The Kier molecular flexibility index (Phi) is 6.59. The van der Waals surface area contributed by atoms with Gasteiger partial charge in [0.15, 0.2) is 0 Å². The summed E-state index contributed by atoms with van der Waals surface area (Å²) in [4.78, 5) is 16.7. The van der Waals surface area contributed by atoms with E-state index < -0.39 is 6.09 Å². The second-order valence-electron chi connectivity index (χ2n) is 8.98. The van der Waals surface area contributed by atoms with Crippen molar-refractivity contribution >= 4 is 39.3 Å². The Labute approximate surface area is 200 Å². The number of carbonyl (C=O) groups excluding carboxylic acids is 1. The molecular weight excluding hydrogens is 426 g/mol. The van der Waals surface area contributed by atoms with Crippen LogP contribution in [0.15, 0.2) is 48.5 Å². The highest BCUT2D eigenvalue weighted by Crippen LogP contribution is 2.37. The van der Waals surface area contributed by atoms with Crippen LogP contribution >= 0.6 is 0 Å². The summed E-state index contributed by atoms with van der Waals surface area (Å²) in [5.41, 5.74) is 8.16. The van der Waals surface area contributed by atoms with Crippen LogP contribution in [0.2, 0.25) is 0 Å². The van der Waals surface area contributed by atoms with Gasteiger partial charge in [0, 0.05) is 22.5 Å². The number of nitrogens with zero attached hydrogens (tertiary/aromatic N) is 1. The van der Waals surface area contributed by atoms with Gasteiger partial charge in [0.2, 0.25) is 0 Å². The zero-order valence-corrected chi connectivity index (χ0v) is 20.6. The number of benzene rings is 3. The molecule has 4 rings (SSSR count). The lowest BCUT2D eigenvalue weighted by atomic mass is 10.0. The summed E-state index contributed by atoms with van der Waals surface area (Å²) >= 11 is 0. The highest BCUT2D eigenvalue weighted by molar-refractivity contribution is 6.09. The third-order valence-electron chi connectivity index (χ3n) is 5.90. The standard InChI is InChI=1S/C28H31N3O3/c1-16(2)29-28(32)34-15-20-7-9-21(10-8-20)30-27-22-11-17(3)18(4)12-24(22)31-25-13-19(5)26(33-6)14-23(25)27/h7-14,16H,15H2,1-6H3,(H,29,32)(H,30,31). The lowest BCUT2D eigenvalue weighted by Gasteiger charge is -2.17. The molecule has 34 heavy (non-hydrogen) atoms. The molecule has 176 valence electrons. The summed E-state index contributed by atoms with van der Waals surface area (Å²) in [6, 6.07) is 16.4. The molecule has 0 fully saturated rings. The number of nitrogens with one attached hydrogen (secondary N) is 2. The summed E-state index contributed by atoms with van der Waals surface area (Å²) in [6.45, 7) is 10.3. The number of alkyl carbamates (subject to hydrolysis) is 1. The number of aryl methyl sites for hydroxylation is 3. The summed E-state index contributed by atoms with van der Waals surface area (Å²) < 4.78 is 10.9. The normalized spacial score (nSPS) is 11.1. The van der Waals surface area contributed by atoms with Crippen LogP contribution in [0, 0.1) is 20.8 Å². The molecule has 1 aromatic heterocycles. The van der Waals surface area contributed by atoms with Crippen LogP contribution in [0.1, 0.15) is 36.1 Å². The Bertz CT molecular complexity index is 1360. The average molecular weight is 458 g/mol. The average Bonchev–Trinajstić information content (AvgIpc) is 2.79. The van der Waals surface area contributed by atoms with Gasteiger partial charge in [-0.2, -0.15) is 0 Å². The predicted molar refractivity (Wildman–Crippen MR) is 138 cm³/mol. The highest BCUT2D eigenvalue weighted by atomic mass is 16.5. The molecule has 0 aliphatic carbocycles. The molecule has 1 heterocycles. The molecule has 0 aliphatic rings. The van der Waals surface area contributed by atoms with Crippen LogP contribution in [-0.2, 0) is 11.3 Å². The van der Waals surface area contributed by atoms with Crippen LogP contribution < -0.4 is 15.4 Å². The van der Waals surface area contributed by atoms with E-state index in [-0.39, 0.29) is 12.6 Å². The molecule has 0 radical (unpaired) electrons. The first kappa shape index (κ1) is 23.4. The van der Waals surface area contributed by atoms with Gasteiger partial charge in [-0.05, 0) is 93.3 Å². The van der Waals surface area contributed by atoms with Gasteiger partial charge in [0.1, 0.15) is 12.4 Å². The smallest absolute Gasteiger partial charge is 0.407 e. The monoisotopic (exact) mass is 457 g/mol. The van der Waals surface area contributed by atoms with Crippen molar-refractivity contribution in [2.75, 3.05) is 12.4 Å². The van der Waals surface area contributed by atoms with Gasteiger partial charge < -0.3 is 20.1 Å². The third-order valence-corrected chi connectivity index (χ3v) is 5.90. The number of ether oxygens (including phenoxy) is 2. The van der Waals surface area contributed by atoms with Crippen LogP contribution in [0.5, 0.6) is 5.75 Å². The number of hydrogen-bond donors (Lipinski definition) is 2. The fourth-order valence-electron chi connectivity index (χ4n) is 3.94. The van der Waals surface area contributed by atoms with Gasteiger partial charge in [0.05, 0.1) is 23.8 Å². The molecule has 0 spiro atoms. The van der Waals surface area contributed by atoms with E-state index in [1.165, 1.54) is 11.1 Å². The highest BCUT2D eigenvalue weighted by Gasteiger charge is 2.14. The number of methoxy groups -OCH3 is 1. The number of aromatic nitrogens is 1. The fourth-order valence-corrected chi connectivity index (χ4v) is 3.94. The molecule has 0 atom stereocenters. The fraction of sp³-hybridized carbons (Fsp3) is 0.286. The van der Waals surface area contributed by atoms with Crippen LogP contribution in [0.25, 0.3) is 21.8 Å². The minimum Gasteiger partial charge on any atom is -0.496 e. The van der Waals surface area contributed by atoms with Gasteiger partial charge in [-0.15, -0.1) is 0 Å². The van der Waals surface area contributed by atoms with E-state index in [0.717, 1.165) is 50.1 Å². The van der Waals surface area contributed by atoms with Crippen molar-refractivity contribution in [3.05, 3.63) is 70.8 Å². The van der Waals surface area contributed by atoms with Crippen LogP contribution in [0.4, 0.5) is 16.2 Å². The molecule has 4 aromatic rings. The SMILES string of the molecule is COc1cc2c(Nc3ccc(COC(=O)NC(C)C)cc3)c3cc(C)c(C)cc3nc2cc1C. The topological polar surface area (TPSA) is 72.5 Å². The Morgan fingerprint density at radius 1 is 0.912 bits per heavy atom. The Balaban J connectivity index is 1.71. The maximum absolute atomic E-state index is 11.7. The van der Waals surface area contributed by atoms with Crippen LogP contribution in [-0.4, -0.2) is 24.2 Å². The minimum atomic E-state index is -0.415. The second kappa shape index (κ2) is 9.59. The minimum absolute atomic E-state index is 0.0407. The summed E-state index contributed by atoms with van der Waals surface area (Å²) in [7, 11) is 1.69. The van der Waals surface area contributed by atoms with E-state index in [2.05, 4.69) is 42.7 Å². The van der Waals surface area contributed by atoms with Crippen molar-refractivity contribution < 1.29 is 14.3 Å². The Morgan fingerprint density at radius 3 is 2.18 bits per heavy atom. The number of anilines is 2. The maximum atomic E-state index is 11.7. The molecule has 0 bridgehead atoms. The van der Waals surface area contributed by atoms with Gasteiger partial charge in [0.25, 0.3) is 0 Å². The zero-order chi connectivity index (χ0) is 24.4. The number of rotatable bonds is 6. The van der Waals surface area contributed by atoms with Gasteiger partial charge >= 0.3 is 6.09 Å². The molecule has 1 amide bonds. The maximum Gasteiger partial charge on any atom is 0.407 e. The summed E-state index contributed by atoms with van der Waals surface area (Å²) in [5.74, 6) is 0.827. The lowest BCUT2D eigenvalue weighted by molar-refractivity contribution is 0.137. The first-order valence-electron chi connectivity index (χ1n) is 11.4. The van der Waals surface area contributed by atoms with Gasteiger partial charge in [-0.25, -0.2) is 9.78 Å². The summed E-state index contributed by atoms with van der Waals surface area (Å²) in [6.07, 6.45) is -0.415. The van der Waals surface area contributed by atoms with Crippen molar-refractivity contribution in [3.8, 4) is 5.75 Å². The number of pyridine rings is 1. The third kappa shape index (κ3) is 4.91. The van der Waals surface area contributed by atoms with Gasteiger partial charge in [-0.3, -0.25) is 0 Å². The predicted octanol–water partition coefficient (Wildman–Crippen LogP) is 6.70. The molecule has 0 saturated carbocycles. The van der Waals surface area contributed by atoms with Crippen LogP contribution in [0.3, 0.4) is 0 Å². The molecule has 2 N–H and O–H groups in total. The summed E-state index contributed by atoms with van der Waals surface area (Å²) in [5, 5.41) is 8.38. The number of hydrogen-bond acceptors (Lipinski definition) is 5. The Hall–Kier alpha value is -3.80. The van der Waals surface area contributed by atoms with E-state index in [1.54, 1.807) is 7.11 Å². The molecule has 6 nitrogen and oxygen atoms in total. The first-order chi connectivity index (χ1) is 16.2. The number of fused-ring (bicyclic) bond motifs is 2. The van der Waals surface area contributed by atoms with Crippen molar-refractivity contribution in [3.63, 3.8) is 0 Å². The van der Waals surface area contributed by atoms with E-state index in [4.69, 9.17) is 14.5 Å². The van der Waals surface area contributed by atoms with Crippen molar-refractivity contribution in [2.24, 2.45) is 0 Å². The van der Waals surface area contributed by atoms with Gasteiger partial charge in [-0.1, -0.05) is 12.1 Å². The van der Waals surface area contributed by atoms with E-state index >= 15 is 0 Å². The number of carbonyl (C=O) groups is 1. The van der Waals surface area contributed by atoms with E-state index in [9.17, 15) is 4.79 Å². The first-order valence-corrected chi connectivity index (χ1v) is 11.4. The number of amides is 1. The molecule has 3 aromatic carbocycles. The Morgan fingerprint density at radius 2 is 1.53 bits per heavy atom. The quantitative estimate of drug-likeness (QED) is 0.315. The molecule has 0 unspecified atom stereocenters. The largest absolute Gasteiger partial charge is 0.496 e. The molecule has 0 saturated heterocycles.